The molecule has 0 aromatic carbocycles. The second-order valence-corrected chi connectivity index (χ2v) is 4.85. The molecule has 1 rings (SSSR count). The molecule has 1 atom stereocenters. The van der Waals surface area contributed by atoms with Gasteiger partial charge in [0.15, 0.2) is 0 Å². The van der Waals surface area contributed by atoms with Crippen LogP contribution in [0.4, 0.5) is 0 Å². The van der Waals surface area contributed by atoms with Crippen molar-refractivity contribution in [1.29, 1.82) is 0 Å². The third-order valence-corrected chi connectivity index (χ3v) is 3.69. The number of methoxy groups -OCH3 is 1. The molecule has 0 radical (unpaired) electrons. The molecular formula is C13H25NO2. The van der Waals surface area contributed by atoms with Crippen LogP contribution in [0.25, 0.3) is 0 Å². The van der Waals surface area contributed by atoms with Crippen LogP contribution in [0.15, 0.2) is 12.7 Å². The van der Waals surface area contributed by atoms with E-state index in [0.717, 1.165) is 12.0 Å². The lowest BCUT2D eigenvalue weighted by Crippen LogP contribution is -2.49. The summed E-state index contributed by atoms with van der Waals surface area (Å²) in [6, 6.07) is 0. The fourth-order valence-corrected chi connectivity index (χ4v) is 1.74. The molecule has 1 fully saturated rings. The smallest absolute Gasteiger partial charge is 0.329 e. The van der Waals surface area contributed by atoms with Gasteiger partial charge in [0.25, 0.3) is 0 Å². The van der Waals surface area contributed by atoms with Gasteiger partial charge in [0.05, 0.1) is 7.11 Å². The van der Waals surface area contributed by atoms with Crippen molar-refractivity contribution in [3.8, 4) is 0 Å². The predicted octanol–water partition coefficient (Wildman–Crippen LogP) is 2.47. The summed E-state index contributed by atoms with van der Waals surface area (Å²) >= 11 is 0. The third kappa shape index (κ3) is 4.35. The zero-order valence-corrected chi connectivity index (χ0v) is 11.2. The normalized spacial score (nSPS) is 23.9. The number of piperidine rings is 1. The molecule has 1 aliphatic heterocycles. The first-order valence-electron chi connectivity index (χ1n) is 5.77. The molecule has 0 spiro atoms. The minimum atomic E-state index is -0.394. The Bertz CT molecular complexity index is 224. The summed E-state index contributed by atoms with van der Waals surface area (Å²) in [6.45, 7) is 11.5. The molecule has 0 saturated carbocycles. The highest BCUT2D eigenvalue weighted by Crippen LogP contribution is 2.30. The highest BCUT2D eigenvalue weighted by Gasteiger charge is 2.32. The van der Waals surface area contributed by atoms with Gasteiger partial charge in [-0.2, -0.15) is 0 Å². The molecule has 1 aliphatic rings. The van der Waals surface area contributed by atoms with Crippen LogP contribution < -0.4 is 0 Å². The van der Waals surface area contributed by atoms with E-state index in [1.54, 1.807) is 0 Å². The number of carbonyl (C=O) groups excluding carboxylic acids is 1. The Hall–Kier alpha value is -0.830. The number of ether oxygens (including phenoxy) is 1. The maximum atomic E-state index is 9.84. The molecule has 3 nitrogen and oxygen atoms in total. The number of likely N-dealkylation sites (tertiary alicyclic amines) is 1. The topological polar surface area (TPSA) is 29.5 Å². The van der Waals surface area contributed by atoms with Crippen LogP contribution in [0, 0.1) is 5.92 Å². The summed E-state index contributed by atoms with van der Waals surface area (Å²) in [4.78, 5) is 12.3. The highest BCUT2D eigenvalue weighted by atomic mass is 16.5. The molecule has 3 heteroatoms. The molecule has 0 N–H and O–H groups in total. The van der Waals surface area contributed by atoms with Crippen molar-refractivity contribution in [2.24, 2.45) is 5.92 Å². The molecule has 0 aliphatic carbocycles. The fourth-order valence-electron chi connectivity index (χ4n) is 1.74. The Morgan fingerprint density at radius 1 is 1.56 bits per heavy atom. The van der Waals surface area contributed by atoms with E-state index >= 15 is 0 Å². The SMILES string of the molecule is C=CC(=O)OC.CC1CCCN(C)C1(C)C. The van der Waals surface area contributed by atoms with E-state index in [9.17, 15) is 4.79 Å². The van der Waals surface area contributed by atoms with Gasteiger partial charge in [-0.3, -0.25) is 0 Å². The first-order chi connectivity index (χ1) is 7.36. The van der Waals surface area contributed by atoms with E-state index in [1.807, 2.05) is 0 Å². The van der Waals surface area contributed by atoms with Gasteiger partial charge in [-0.05, 0) is 46.2 Å². The zero-order chi connectivity index (χ0) is 12.8. The molecule has 0 bridgehead atoms. The second-order valence-electron chi connectivity index (χ2n) is 4.85. The van der Waals surface area contributed by atoms with Crippen molar-refractivity contribution >= 4 is 5.97 Å². The lowest BCUT2D eigenvalue weighted by molar-refractivity contribution is -0.134. The Morgan fingerprint density at radius 2 is 2.12 bits per heavy atom. The average Bonchev–Trinajstić information content (AvgIpc) is 2.26. The molecule has 1 unspecified atom stereocenters. The molecule has 16 heavy (non-hydrogen) atoms. The van der Waals surface area contributed by atoms with Crippen LogP contribution in [-0.4, -0.2) is 37.1 Å². The minimum absolute atomic E-state index is 0.394. The van der Waals surface area contributed by atoms with Gasteiger partial charge < -0.3 is 9.64 Å². The van der Waals surface area contributed by atoms with Gasteiger partial charge in [0, 0.05) is 11.6 Å². The second kappa shape index (κ2) is 6.69. The third-order valence-electron chi connectivity index (χ3n) is 3.69. The highest BCUT2D eigenvalue weighted by molar-refractivity contribution is 5.80. The van der Waals surface area contributed by atoms with Crippen LogP contribution in [0.5, 0.6) is 0 Å². The lowest BCUT2D eigenvalue weighted by atomic mass is 9.81. The predicted molar refractivity (Wildman–Crippen MR) is 67.3 cm³/mol. The van der Waals surface area contributed by atoms with Crippen molar-refractivity contribution in [2.75, 3.05) is 20.7 Å². The summed E-state index contributed by atoms with van der Waals surface area (Å²) in [6.07, 6.45) is 3.89. The Kier molecular flexibility index (Phi) is 6.34. The van der Waals surface area contributed by atoms with Crippen molar-refractivity contribution in [3.05, 3.63) is 12.7 Å². The number of hydrogen-bond donors (Lipinski definition) is 0. The molecule has 0 amide bonds. The maximum Gasteiger partial charge on any atom is 0.329 e. The summed E-state index contributed by atoms with van der Waals surface area (Å²) in [5.74, 6) is 0.459. The molecule has 1 saturated heterocycles. The van der Waals surface area contributed by atoms with Crippen LogP contribution in [0.2, 0.25) is 0 Å². The summed E-state index contributed by atoms with van der Waals surface area (Å²) < 4.78 is 4.14. The number of esters is 1. The first kappa shape index (κ1) is 15.2. The molecular weight excluding hydrogens is 202 g/mol. The number of nitrogens with zero attached hydrogens (tertiary/aromatic N) is 1. The molecule has 94 valence electrons. The minimum Gasteiger partial charge on any atom is -0.466 e. The van der Waals surface area contributed by atoms with Gasteiger partial charge in [-0.1, -0.05) is 13.5 Å². The van der Waals surface area contributed by atoms with Crippen LogP contribution in [0.3, 0.4) is 0 Å². The van der Waals surface area contributed by atoms with E-state index in [1.165, 1.54) is 26.5 Å². The Morgan fingerprint density at radius 3 is 2.38 bits per heavy atom. The number of hydrogen-bond acceptors (Lipinski definition) is 3. The number of rotatable bonds is 1. The number of carbonyl (C=O) groups is 1. The molecule has 1 heterocycles. The average molecular weight is 227 g/mol. The van der Waals surface area contributed by atoms with E-state index in [-0.39, 0.29) is 0 Å². The van der Waals surface area contributed by atoms with Crippen LogP contribution >= 0.6 is 0 Å². The van der Waals surface area contributed by atoms with E-state index in [2.05, 4.69) is 44.0 Å². The maximum absolute atomic E-state index is 9.84. The largest absolute Gasteiger partial charge is 0.466 e. The Labute approximate surface area is 99.5 Å². The van der Waals surface area contributed by atoms with Crippen molar-refractivity contribution in [3.63, 3.8) is 0 Å². The summed E-state index contributed by atoms with van der Waals surface area (Å²) in [5, 5.41) is 0. The fraction of sp³-hybridized carbons (Fsp3) is 0.769. The van der Waals surface area contributed by atoms with E-state index in [4.69, 9.17) is 0 Å². The Balaban J connectivity index is 0.000000325. The van der Waals surface area contributed by atoms with Crippen molar-refractivity contribution < 1.29 is 9.53 Å². The van der Waals surface area contributed by atoms with Crippen LogP contribution in [-0.2, 0) is 9.53 Å². The van der Waals surface area contributed by atoms with Crippen molar-refractivity contribution in [1.82, 2.24) is 4.90 Å². The lowest BCUT2D eigenvalue weighted by Gasteiger charge is -2.44. The van der Waals surface area contributed by atoms with Gasteiger partial charge in [-0.25, -0.2) is 4.79 Å². The molecule has 0 aromatic rings. The van der Waals surface area contributed by atoms with Crippen molar-refractivity contribution in [2.45, 2.75) is 39.2 Å². The van der Waals surface area contributed by atoms with Gasteiger partial charge >= 0.3 is 5.97 Å². The van der Waals surface area contributed by atoms with E-state index in [0.29, 0.717) is 5.54 Å². The quantitative estimate of drug-likeness (QED) is 0.509. The van der Waals surface area contributed by atoms with Gasteiger partial charge in [0.1, 0.15) is 0 Å². The zero-order valence-electron chi connectivity index (χ0n) is 11.2. The monoisotopic (exact) mass is 227 g/mol. The van der Waals surface area contributed by atoms with Gasteiger partial charge in [0.2, 0.25) is 0 Å². The van der Waals surface area contributed by atoms with E-state index < -0.39 is 5.97 Å². The molecule has 0 aromatic heterocycles. The standard InChI is InChI=1S/C9H19N.C4H6O2/c1-8-6-5-7-10(4)9(8,2)3;1-3-4(5)6-2/h8H,5-7H2,1-4H3;3H,1H2,2H3. The van der Waals surface area contributed by atoms with Crippen LogP contribution in [0.1, 0.15) is 33.6 Å². The first-order valence-corrected chi connectivity index (χ1v) is 5.77. The van der Waals surface area contributed by atoms with Gasteiger partial charge in [-0.15, -0.1) is 0 Å². The summed E-state index contributed by atoms with van der Waals surface area (Å²) in [7, 11) is 3.54. The summed E-state index contributed by atoms with van der Waals surface area (Å²) in [5.41, 5.74) is 0.429.